The highest BCUT2D eigenvalue weighted by Gasteiger charge is 2.10. The van der Waals surface area contributed by atoms with Gasteiger partial charge in [-0.1, -0.05) is 11.6 Å². The van der Waals surface area contributed by atoms with E-state index >= 15 is 0 Å². The number of rotatable bonds is 5. The number of carbonyl (C=O) groups excluding carboxylic acids is 1. The van der Waals surface area contributed by atoms with Gasteiger partial charge in [0.25, 0.3) is 0 Å². The van der Waals surface area contributed by atoms with Crippen LogP contribution in [0.5, 0.6) is 11.5 Å². The summed E-state index contributed by atoms with van der Waals surface area (Å²) in [4.78, 5) is 10.6. The fraction of sp³-hybridized carbons (Fsp3) is 0.250. The molecule has 1 rings (SSSR count). The van der Waals surface area contributed by atoms with Crippen molar-refractivity contribution in [2.75, 3.05) is 13.7 Å². The standard InChI is InChI=1S/C12H14ClNO3/c1-3-17-12-9(13)6-8(4-5-11(14)15)7-10(12)16-2/h4-7H,3H2,1-2H3,(H2,14,15)/b5-4-. The number of methoxy groups -OCH3 is 1. The Morgan fingerprint density at radius 2 is 2.24 bits per heavy atom. The van der Waals surface area contributed by atoms with Gasteiger partial charge in [0.15, 0.2) is 11.5 Å². The molecule has 0 unspecified atom stereocenters. The van der Waals surface area contributed by atoms with E-state index in [1.54, 1.807) is 18.2 Å². The summed E-state index contributed by atoms with van der Waals surface area (Å²) in [6.07, 6.45) is 2.82. The number of hydrogen-bond acceptors (Lipinski definition) is 3. The lowest BCUT2D eigenvalue weighted by Gasteiger charge is -2.11. The van der Waals surface area contributed by atoms with E-state index in [-0.39, 0.29) is 0 Å². The fourth-order valence-corrected chi connectivity index (χ4v) is 1.57. The summed E-state index contributed by atoms with van der Waals surface area (Å²) in [6.45, 7) is 2.35. The summed E-state index contributed by atoms with van der Waals surface area (Å²) in [5, 5.41) is 0.426. The molecule has 0 radical (unpaired) electrons. The molecule has 0 saturated carbocycles. The number of amides is 1. The summed E-state index contributed by atoms with van der Waals surface area (Å²) >= 11 is 6.05. The van der Waals surface area contributed by atoms with Crippen molar-refractivity contribution in [1.29, 1.82) is 0 Å². The lowest BCUT2D eigenvalue weighted by Crippen LogP contribution is -2.05. The average molecular weight is 256 g/mol. The predicted molar refractivity (Wildman–Crippen MR) is 67.4 cm³/mol. The molecule has 1 aromatic rings. The van der Waals surface area contributed by atoms with E-state index in [0.717, 1.165) is 0 Å². The van der Waals surface area contributed by atoms with Gasteiger partial charge in [0.05, 0.1) is 18.7 Å². The molecule has 0 bridgehead atoms. The largest absolute Gasteiger partial charge is 0.493 e. The highest BCUT2D eigenvalue weighted by molar-refractivity contribution is 6.32. The van der Waals surface area contributed by atoms with Gasteiger partial charge in [-0.25, -0.2) is 0 Å². The second-order valence-corrected chi connectivity index (χ2v) is 3.61. The molecule has 0 aromatic heterocycles. The first-order valence-electron chi connectivity index (χ1n) is 5.06. The van der Waals surface area contributed by atoms with E-state index in [2.05, 4.69) is 0 Å². The molecule has 17 heavy (non-hydrogen) atoms. The summed E-state index contributed by atoms with van der Waals surface area (Å²) in [6, 6.07) is 3.39. The van der Waals surface area contributed by atoms with Gasteiger partial charge in [-0.15, -0.1) is 0 Å². The topological polar surface area (TPSA) is 61.5 Å². The Labute approximate surface area is 105 Å². The Morgan fingerprint density at radius 3 is 2.76 bits per heavy atom. The second-order valence-electron chi connectivity index (χ2n) is 3.20. The van der Waals surface area contributed by atoms with Crippen LogP contribution in [-0.4, -0.2) is 19.6 Å². The number of halogens is 1. The molecule has 0 aliphatic rings. The van der Waals surface area contributed by atoms with Crippen LogP contribution in [0.1, 0.15) is 12.5 Å². The zero-order valence-corrected chi connectivity index (χ0v) is 10.5. The Morgan fingerprint density at radius 1 is 1.53 bits per heavy atom. The van der Waals surface area contributed by atoms with Crippen molar-refractivity contribution in [2.45, 2.75) is 6.92 Å². The monoisotopic (exact) mass is 255 g/mol. The molecule has 0 saturated heterocycles. The van der Waals surface area contributed by atoms with Crippen molar-refractivity contribution in [3.8, 4) is 11.5 Å². The van der Waals surface area contributed by atoms with Crippen molar-refractivity contribution in [2.24, 2.45) is 5.73 Å². The third-order valence-corrected chi connectivity index (χ3v) is 2.26. The number of benzene rings is 1. The highest BCUT2D eigenvalue weighted by atomic mass is 35.5. The van der Waals surface area contributed by atoms with Gasteiger partial charge < -0.3 is 15.2 Å². The SMILES string of the molecule is CCOc1c(Cl)cc(/C=C\C(N)=O)cc1OC. The van der Waals surface area contributed by atoms with Gasteiger partial charge in [-0.3, -0.25) is 4.79 Å². The first kappa shape index (κ1) is 13.4. The molecule has 0 atom stereocenters. The van der Waals surface area contributed by atoms with E-state index in [1.807, 2.05) is 6.92 Å². The summed E-state index contributed by atoms with van der Waals surface area (Å²) < 4.78 is 10.5. The maximum atomic E-state index is 10.6. The van der Waals surface area contributed by atoms with Crippen LogP contribution >= 0.6 is 11.6 Å². The summed E-state index contributed by atoms with van der Waals surface area (Å²) in [7, 11) is 1.52. The molecule has 0 spiro atoms. The number of primary amides is 1. The normalized spacial score (nSPS) is 10.5. The Hall–Kier alpha value is -1.68. The van der Waals surface area contributed by atoms with Crippen molar-refractivity contribution < 1.29 is 14.3 Å². The maximum Gasteiger partial charge on any atom is 0.241 e. The molecule has 4 nitrogen and oxygen atoms in total. The van der Waals surface area contributed by atoms with Crippen molar-refractivity contribution in [3.05, 3.63) is 28.8 Å². The number of nitrogens with two attached hydrogens (primary N) is 1. The number of ether oxygens (including phenoxy) is 2. The first-order valence-corrected chi connectivity index (χ1v) is 5.44. The van der Waals surface area contributed by atoms with Gasteiger partial charge in [0.1, 0.15) is 0 Å². The smallest absolute Gasteiger partial charge is 0.241 e. The molecule has 0 aliphatic heterocycles. The van der Waals surface area contributed by atoms with Crippen molar-refractivity contribution in [1.82, 2.24) is 0 Å². The molecule has 2 N–H and O–H groups in total. The van der Waals surface area contributed by atoms with Gasteiger partial charge in [-0.05, 0) is 30.7 Å². The molecule has 92 valence electrons. The Kier molecular flexibility index (Phi) is 4.84. The lowest BCUT2D eigenvalue weighted by atomic mass is 10.2. The van der Waals surface area contributed by atoms with Crippen LogP contribution in [0, 0.1) is 0 Å². The second kappa shape index (κ2) is 6.15. The minimum Gasteiger partial charge on any atom is -0.493 e. The van der Waals surface area contributed by atoms with Crippen LogP contribution in [0.3, 0.4) is 0 Å². The quantitative estimate of drug-likeness (QED) is 0.821. The van der Waals surface area contributed by atoms with Crippen LogP contribution in [0.25, 0.3) is 6.08 Å². The van der Waals surface area contributed by atoms with E-state index < -0.39 is 5.91 Å². The number of hydrogen-bond donors (Lipinski definition) is 1. The van der Waals surface area contributed by atoms with Gasteiger partial charge in [0.2, 0.25) is 5.91 Å². The Bertz CT molecular complexity index is 444. The zero-order chi connectivity index (χ0) is 12.8. The molecule has 0 fully saturated rings. The van der Waals surface area contributed by atoms with Crippen LogP contribution in [-0.2, 0) is 4.79 Å². The zero-order valence-electron chi connectivity index (χ0n) is 9.70. The van der Waals surface area contributed by atoms with E-state index in [1.165, 1.54) is 13.2 Å². The third kappa shape index (κ3) is 3.67. The molecular weight excluding hydrogens is 242 g/mol. The van der Waals surface area contributed by atoms with Crippen LogP contribution < -0.4 is 15.2 Å². The minimum atomic E-state index is -0.519. The first-order chi connectivity index (χ1) is 8.08. The molecule has 0 aliphatic carbocycles. The van der Waals surface area contributed by atoms with Gasteiger partial charge in [0, 0.05) is 6.08 Å². The Balaban J connectivity index is 3.12. The van der Waals surface area contributed by atoms with E-state index in [9.17, 15) is 4.79 Å². The average Bonchev–Trinajstić information content (AvgIpc) is 2.29. The van der Waals surface area contributed by atoms with Gasteiger partial charge in [-0.2, -0.15) is 0 Å². The predicted octanol–water partition coefficient (Wildman–Crippen LogP) is 2.25. The molecule has 1 amide bonds. The minimum absolute atomic E-state index is 0.426. The van der Waals surface area contributed by atoms with Crippen LogP contribution in [0.2, 0.25) is 5.02 Å². The molecule has 1 aromatic carbocycles. The van der Waals surface area contributed by atoms with E-state index in [4.69, 9.17) is 26.8 Å². The van der Waals surface area contributed by atoms with Crippen molar-refractivity contribution in [3.63, 3.8) is 0 Å². The highest BCUT2D eigenvalue weighted by Crippen LogP contribution is 2.36. The number of carbonyl (C=O) groups is 1. The summed E-state index contributed by atoms with van der Waals surface area (Å²) in [5.74, 6) is 0.491. The summed E-state index contributed by atoms with van der Waals surface area (Å²) in [5.41, 5.74) is 5.73. The fourth-order valence-electron chi connectivity index (χ4n) is 1.30. The molecule has 0 heterocycles. The lowest BCUT2D eigenvalue weighted by molar-refractivity contribution is -0.113. The van der Waals surface area contributed by atoms with Crippen LogP contribution in [0.4, 0.5) is 0 Å². The van der Waals surface area contributed by atoms with Crippen LogP contribution in [0.15, 0.2) is 18.2 Å². The van der Waals surface area contributed by atoms with Crippen molar-refractivity contribution >= 4 is 23.6 Å². The van der Waals surface area contributed by atoms with Gasteiger partial charge >= 0.3 is 0 Å². The molecule has 5 heteroatoms. The van der Waals surface area contributed by atoms with E-state index in [0.29, 0.717) is 28.7 Å². The maximum absolute atomic E-state index is 10.6. The molecular formula is C12H14ClNO3. The third-order valence-electron chi connectivity index (χ3n) is 1.98.